The molecule has 1 aromatic rings. The lowest BCUT2D eigenvalue weighted by atomic mass is 10.1. The molecule has 1 rings (SSSR count). The third-order valence-electron chi connectivity index (χ3n) is 1.63. The van der Waals surface area contributed by atoms with Crippen molar-refractivity contribution < 1.29 is 10.2 Å². The van der Waals surface area contributed by atoms with Gasteiger partial charge in [-0.2, -0.15) is 0 Å². The zero-order valence-corrected chi connectivity index (χ0v) is 6.64. The molecule has 66 valence electrons. The van der Waals surface area contributed by atoms with Crippen LogP contribution in [0.15, 0.2) is 18.3 Å². The Balaban J connectivity index is 2.79. The van der Waals surface area contributed by atoms with Gasteiger partial charge >= 0.3 is 0 Å². The Morgan fingerprint density at radius 2 is 2.33 bits per heavy atom. The average Bonchev–Trinajstić information content (AvgIpc) is 2.05. The van der Waals surface area contributed by atoms with E-state index in [0.717, 1.165) is 0 Å². The summed E-state index contributed by atoms with van der Waals surface area (Å²) in [4.78, 5) is 3.82. The van der Waals surface area contributed by atoms with Gasteiger partial charge in [-0.3, -0.25) is 0 Å². The summed E-state index contributed by atoms with van der Waals surface area (Å²) < 4.78 is 0. The van der Waals surface area contributed by atoms with Gasteiger partial charge in [0.2, 0.25) is 0 Å². The van der Waals surface area contributed by atoms with Crippen molar-refractivity contribution in [1.29, 1.82) is 0 Å². The molecule has 0 unspecified atom stereocenters. The molecule has 0 aliphatic rings. The Hall–Kier alpha value is -1.13. The number of nitrogens with two attached hydrogens (primary N) is 1. The van der Waals surface area contributed by atoms with Crippen molar-refractivity contribution >= 4 is 5.82 Å². The zero-order chi connectivity index (χ0) is 8.97. The van der Waals surface area contributed by atoms with E-state index in [-0.39, 0.29) is 13.0 Å². The van der Waals surface area contributed by atoms with Crippen LogP contribution in [0.3, 0.4) is 0 Å². The highest BCUT2D eigenvalue weighted by atomic mass is 16.3. The van der Waals surface area contributed by atoms with Gasteiger partial charge in [-0.15, -0.1) is 0 Å². The van der Waals surface area contributed by atoms with Gasteiger partial charge in [0.25, 0.3) is 0 Å². The summed E-state index contributed by atoms with van der Waals surface area (Å²) in [6.07, 6.45) is 1.13. The van der Waals surface area contributed by atoms with Gasteiger partial charge in [0, 0.05) is 24.8 Å². The van der Waals surface area contributed by atoms with Gasteiger partial charge < -0.3 is 15.9 Å². The van der Waals surface area contributed by atoms with Crippen molar-refractivity contribution in [3.63, 3.8) is 0 Å². The highest BCUT2D eigenvalue weighted by Gasteiger charge is 2.09. The number of hydrogen-bond acceptors (Lipinski definition) is 4. The first kappa shape index (κ1) is 8.96. The Morgan fingerprint density at radius 1 is 1.58 bits per heavy atom. The van der Waals surface area contributed by atoms with Crippen LogP contribution in [0, 0.1) is 0 Å². The standard InChI is InChI=1S/C8H12N2O2/c9-8-6(2-1-4-10-8)7(12)3-5-11/h1-2,4,7,11-12H,3,5H2,(H2,9,10)/t7-/m1/s1. The highest BCUT2D eigenvalue weighted by molar-refractivity contribution is 5.39. The lowest BCUT2D eigenvalue weighted by Gasteiger charge is -2.10. The van der Waals surface area contributed by atoms with Crippen LogP contribution < -0.4 is 5.73 Å². The Morgan fingerprint density at radius 3 is 2.92 bits per heavy atom. The number of aliphatic hydroxyl groups excluding tert-OH is 2. The number of aliphatic hydroxyl groups is 2. The molecule has 0 spiro atoms. The summed E-state index contributed by atoms with van der Waals surface area (Å²) in [5, 5.41) is 18.0. The molecule has 1 atom stereocenters. The summed E-state index contributed by atoms with van der Waals surface area (Å²) in [6, 6.07) is 3.40. The van der Waals surface area contributed by atoms with Crippen LogP contribution in [-0.4, -0.2) is 21.8 Å². The second kappa shape index (κ2) is 4.04. The summed E-state index contributed by atoms with van der Waals surface area (Å²) >= 11 is 0. The lowest BCUT2D eigenvalue weighted by molar-refractivity contribution is 0.134. The van der Waals surface area contributed by atoms with E-state index in [4.69, 9.17) is 10.8 Å². The number of pyridine rings is 1. The third-order valence-corrected chi connectivity index (χ3v) is 1.63. The van der Waals surface area contributed by atoms with Crippen molar-refractivity contribution in [3.8, 4) is 0 Å². The van der Waals surface area contributed by atoms with Crippen LogP contribution >= 0.6 is 0 Å². The highest BCUT2D eigenvalue weighted by Crippen LogP contribution is 2.19. The van der Waals surface area contributed by atoms with Crippen molar-refractivity contribution in [2.75, 3.05) is 12.3 Å². The fourth-order valence-electron chi connectivity index (χ4n) is 0.990. The van der Waals surface area contributed by atoms with Gasteiger partial charge in [-0.1, -0.05) is 6.07 Å². The van der Waals surface area contributed by atoms with Gasteiger partial charge in [0.05, 0.1) is 6.10 Å². The van der Waals surface area contributed by atoms with Crippen LogP contribution in [0.2, 0.25) is 0 Å². The molecule has 12 heavy (non-hydrogen) atoms. The average molecular weight is 168 g/mol. The molecule has 0 radical (unpaired) electrons. The van der Waals surface area contributed by atoms with Crippen molar-refractivity contribution in [3.05, 3.63) is 23.9 Å². The molecule has 0 aliphatic heterocycles. The smallest absolute Gasteiger partial charge is 0.129 e. The van der Waals surface area contributed by atoms with E-state index in [1.54, 1.807) is 18.3 Å². The molecule has 4 N–H and O–H groups in total. The van der Waals surface area contributed by atoms with Gasteiger partial charge in [0.15, 0.2) is 0 Å². The first-order valence-electron chi connectivity index (χ1n) is 3.75. The molecular formula is C8H12N2O2. The molecule has 1 heterocycles. The second-order valence-corrected chi connectivity index (χ2v) is 2.51. The lowest BCUT2D eigenvalue weighted by Crippen LogP contribution is -2.05. The molecule has 0 amide bonds. The van der Waals surface area contributed by atoms with Gasteiger partial charge in [-0.25, -0.2) is 4.98 Å². The minimum atomic E-state index is -0.719. The normalized spacial score (nSPS) is 12.8. The Kier molecular flexibility index (Phi) is 3.01. The van der Waals surface area contributed by atoms with Crippen LogP contribution in [0.25, 0.3) is 0 Å². The fourth-order valence-corrected chi connectivity index (χ4v) is 0.990. The summed E-state index contributed by atoms with van der Waals surface area (Å²) in [5.74, 6) is 0.318. The number of nitrogen functional groups attached to an aromatic ring is 1. The molecule has 0 bridgehead atoms. The second-order valence-electron chi connectivity index (χ2n) is 2.51. The number of anilines is 1. The van der Waals surface area contributed by atoms with Crippen LogP contribution in [0.5, 0.6) is 0 Å². The molecule has 0 aliphatic carbocycles. The van der Waals surface area contributed by atoms with Crippen molar-refractivity contribution in [2.45, 2.75) is 12.5 Å². The Bertz CT molecular complexity index is 253. The molecule has 1 aromatic heterocycles. The maximum absolute atomic E-state index is 9.42. The van der Waals surface area contributed by atoms with E-state index in [9.17, 15) is 5.11 Å². The van der Waals surface area contributed by atoms with Gasteiger partial charge in [0.1, 0.15) is 5.82 Å². The monoisotopic (exact) mass is 168 g/mol. The SMILES string of the molecule is Nc1ncccc1[C@H](O)CCO. The maximum Gasteiger partial charge on any atom is 0.129 e. The number of rotatable bonds is 3. The minimum absolute atomic E-state index is 0.0600. The molecule has 0 fully saturated rings. The van der Waals surface area contributed by atoms with Gasteiger partial charge in [-0.05, 0) is 6.07 Å². The van der Waals surface area contributed by atoms with E-state index in [0.29, 0.717) is 11.4 Å². The number of nitrogens with zero attached hydrogens (tertiary/aromatic N) is 1. The van der Waals surface area contributed by atoms with Crippen LogP contribution in [0.4, 0.5) is 5.82 Å². The molecule has 0 saturated heterocycles. The summed E-state index contributed by atoms with van der Waals surface area (Å²) in [7, 11) is 0. The number of aromatic nitrogens is 1. The van der Waals surface area contributed by atoms with E-state index in [1.165, 1.54) is 0 Å². The summed E-state index contributed by atoms with van der Waals surface area (Å²) in [5.41, 5.74) is 6.07. The maximum atomic E-state index is 9.42. The van der Waals surface area contributed by atoms with Crippen LogP contribution in [-0.2, 0) is 0 Å². The van der Waals surface area contributed by atoms with Crippen molar-refractivity contribution in [1.82, 2.24) is 4.98 Å². The van der Waals surface area contributed by atoms with E-state index in [2.05, 4.69) is 4.98 Å². The molecule has 4 heteroatoms. The van der Waals surface area contributed by atoms with E-state index < -0.39 is 6.10 Å². The van der Waals surface area contributed by atoms with E-state index >= 15 is 0 Å². The predicted molar refractivity (Wildman–Crippen MR) is 45.3 cm³/mol. The first-order chi connectivity index (χ1) is 5.75. The fraction of sp³-hybridized carbons (Fsp3) is 0.375. The summed E-state index contributed by atoms with van der Waals surface area (Å²) in [6.45, 7) is -0.0600. The Labute approximate surface area is 70.7 Å². The van der Waals surface area contributed by atoms with Crippen molar-refractivity contribution in [2.24, 2.45) is 0 Å². The molecule has 0 saturated carbocycles. The third kappa shape index (κ3) is 1.93. The molecule has 4 nitrogen and oxygen atoms in total. The predicted octanol–water partition coefficient (Wildman–Crippen LogP) is 0.0796. The molecular weight excluding hydrogens is 156 g/mol. The zero-order valence-electron chi connectivity index (χ0n) is 6.64. The minimum Gasteiger partial charge on any atom is -0.396 e. The first-order valence-corrected chi connectivity index (χ1v) is 3.75. The molecule has 0 aromatic carbocycles. The quantitative estimate of drug-likeness (QED) is 0.597. The topological polar surface area (TPSA) is 79.4 Å². The number of hydrogen-bond donors (Lipinski definition) is 3. The van der Waals surface area contributed by atoms with Crippen LogP contribution in [0.1, 0.15) is 18.1 Å². The van der Waals surface area contributed by atoms with E-state index in [1.807, 2.05) is 0 Å². The largest absolute Gasteiger partial charge is 0.396 e.